The number of nitrogens with zero attached hydrogens (tertiary/aromatic N) is 3. The SMILES string of the molecule is CCn1ncnc1CNC1CCCC1C. The van der Waals surface area contributed by atoms with Crippen LogP contribution >= 0.6 is 0 Å². The molecule has 4 heteroatoms. The summed E-state index contributed by atoms with van der Waals surface area (Å²) in [5, 5.41) is 7.75. The smallest absolute Gasteiger partial charge is 0.140 e. The fourth-order valence-electron chi connectivity index (χ4n) is 2.36. The highest BCUT2D eigenvalue weighted by atomic mass is 15.3. The summed E-state index contributed by atoms with van der Waals surface area (Å²) in [6.45, 7) is 6.17. The molecular weight excluding hydrogens is 188 g/mol. The Morgan fingerprint density at radius 2 is 2.40 bits per heavy atom. The van der Waals surface area contributed by atoms with Gasteiger partial charge in [0.1, 0.15) is 12.2 Å². The minimum absolute atomic E-state index is 0.673. The quantitative estimate of drug-likeness (QED) is 0.817. The first-order valence-corrected chi connectivity index (χ1v) is 5.91. The van der Waals surface area contributed by atoms with Gasteiger partial charge in [0.2, 0.25) is 0 Å². The lowest BCUT2D eigenvalue weighted by molar-refractivity contribution is 0.414. The molecule has 1 aliphatic carbocycles. The van der Waals surface area contributed by atoms with E-state index in [2.05, 4.69) is 29.2 Å². The van der Waals surface area contributed by atoms with Crippen LogP contribution < -0.4 is 5.32 Å². The molecule has 0 spiro atoms. The van der Waals surface area contributed by atoms with Crippen molar-refractivity contribution < 1.29 is 0 Å². The summed E-state index contributed by atoms with van der Waals surface area (Å²) in [6.07, 6.45) is 5.66. The van der Waals surface area contributed by atoms with E-state index in [4.69, 9.17) is 0 Å². The van der Waals surface area contributed by atoms with Gasteiger partial charge in [-0.3, -0.25) is 0 Å². The molecule has 0 radical (unpaired) electrons. The second-order valence-electron chi connectivity index (χ2n) is 4.39. The second-order valence-corrected chi connectivity index (χ2v) is 4.39. The number of hydrogen-bond acceptors (Lipinski definition) is 3. The zero-order valence-corrected chi connectivity index (χ0v) is 9.61. The van der Waals surface area contributed by atoms with Crippen molar-refractivity contribution in [1.82, 2.24) is 20.1 Å². The van der Waals surface area contributed by atoms with Crippen molar-refractivity contribution in [2.75, 3.05) is 0 Å². The third-order valence-electron chi connectivity index (χ3n) is 3.38. The molecule has 0 saturated heterocycles. The summed E-state index contributed by atoms with van der Waals surface area (Å²) in [5.41, 5.74) is 0. The molecule has 4 nitrogen and oxygen atoms in total. The fraction of sp³-hybridized carbons (Fsp3) is 0.818. The number of hydrogen-bond donors (Lipinski definition) is 1. The first-order chi connectivity index (χ1) is 7.31. The van der Waals surface area contributed by atoms with E-state index in [0.717, 1.165) is 24.8 Å². The Labute approximate surface area is 91.1 Å². The molecule has 1 heterocycles. The highest BCUT2D eigenvalue weighted by molar-refractivity contribution is 4.87. The van der Waals surface area contributed by atoms with Crippen LogP contribution in [0.5, 0.6) is 0 Å². The minimum Gasteiger partial charge on any atom is -0.307 e. The molecule has 0 bridgehead atoms. The summed E-state index contributed by atoms with van der Waals surface area (Å²) in [6, 6.07) is 0.673. The Bertz CT molecular complexity index is 307. The summed E-state index contributed by atoms with van der Waals surface area (Å²) in [7, 11) is 0. The van der Waals surface area contributed by atoms with Gasteiger partial charge in [-0.05, 0) is 25.7 Å². The van der Waals surface area contributed by atoms with Gasteiger partial charge >= 0.3 is 0 Å². The van der Waals surface area contributed by atoms with E-state index >= 15 is 0 Å². The Balaban J connectivity index is 1.87. The van der Waals surface area contributed by atoms with Crippen molar-refractivity contribution in [3.8, 4) is 0 Å². The molecule has 1 aliphatic rings. The van der Waals surface area contributed by atoms with Gasteiger partial charge in [0.25, 0.3) is 0 Å². The van der Waals surface area contributed by atoms with Crippen LogP contribution in [0, 0.1) is 5.92 Å². The number of nitrogens with one attached hydrogen (secondary N) is 1. The van der Waals surface area contributed by atoms with Crippen LogP contribution in [0.3, 0.4) is 0 Å². The molecule has 1 N–H and O–H groups in total. The zero-order chi connectivity index (χ0) is 10.7. The Morgan fingerprint density at radius 1 is 1.53 bits per heavy atom. The Hall–Kier alpha value is -0.900. The normalized spacial score (nSPS) is 26.0. The van der Waals surface area contributed by atoms with Crippen molar-refractivity contribution in [2.45, 2.75) is 52.2 Å². The van der Waals surface area contributed by atoms with Crippen molar-refractivity contribution in [2.24, 2.45) is 5.92 Å². The molecule has 0 aromatic carbocycles. The third kappa shape index (κ3) is 2.37. The van der Waals surface area contributed by atoms with Crippen molar-refractivity contribution in [3.05, 3.63) is 12.2 Å². The van der Waals surface area contributed by atoms with E-state index in [1.807, 2.05) is 4.68 Å². The lowest BCUT2D eigenvalue weighted by Gasteiger charge is -2.16. The molecule has 2 unspecified atom stereocenters. The molecule has 2 atom stereocenters. The average Bonchev–Trinajstić information content (AvgIpc) is 2.83. The van der Waals surface area contributed by atoms with E-state index in [1.54, 1.807) is 6.33 Å². The van der Waals surface area contributed by atoms with Gasteiger partial charge in [-0.1, -0.05) is 13.3 Å². The Kier molecular flexibility index (Phi) is 3.36. The highest BCUT2D eigenvalue weighted by Gasteiger charge is 2.22. The third-order valence-corrected chi connectivity index (χ3v) is 3.38. The summed E-state index contributed by atoms with van der Waals surface area (Å²) in [5.74, 6) is 1.86. The summed E-state index contributed by atoms with van der Waals surface area (Å²) in [4.78, 5) is 4.26. The van der Waals surface area contributed by atoms with Gasteiger partial charge in [0.05, 0.1) is 6.54 Å². The lowest BCUT2D eigenvalue weighted by Crippen LogP contribution is -2.31. The molecule has 1 fully saturated rings. The first-order valence-electron chi connectivity index (χ1n) is 5.91. The monoisotopic (exact) mass is 208 g/mol. The van der Waals surface area contributed by atoms with E-state index in [9.17, 15) is 0 Å². The van der Waals surface area contributed by atoms with Gasteiger partial charge < -0.3 is 5.32 Å². The summed E-state index contributed by atoms with van der Waals surface area (Å²) < 4.78 is 1.95. The van der Waals surface area contributed by atoms with Crippen LogP contribution in [-0.2, 0) is 13.1 Å². The summed E-state index contributed by atoms with van der Waals surface area (Å²) >= 11 is 0. The standard InChI is InChI=1S/C11H20N4/c1-3-15-11(13-8-14-15)7-12-10-6-4-5-9(10)2/h8-10,12H,3-7H2,1-2H3. The maximum absolute atomic E-state index is 4.26. The minimum atomic E-state index is 0.673. The molecule has 2 rings (SSSR count). The van der Waals surface area contributed by atoms with Crippen molar-refractivity contribution in [1.29, 1.82) is 0 Å². The largest absolute Gasteiger partial charge is 0.307 e. The van der Waals surface area contributed by atoms with Crippen LogP contribution in [0.2, 0.25) is 0 Å². The van der Waals surface area contributed by atoms with Gasteiger partial charge in [-0.25, -0.2) is 9.67 Å². The molecular formula is C11H20N4. The molecule has 0 amide bonds. The van der Waals surface area contributed by atoms with Crippen LogP contribution in [0.15, 0.2) is 6.33 Å². The van der Waals surface area contributed by atoms with Crippen molar-refractivity contribution in [3.63, 3.8) is 0 Å². The predicted octanol–water partition coefficient (Wildman–Crippen LogP) is 1.58. The molecule has 84 valence electrons. The molecule has 15 heavy (non-hydrogen) atoms. The van der Waals surface area contributed by atoms with Gasteiger partial charge in [-0.15, -0.1) is 0 Å². The maximum atomic E-state index is 4.26. The van der Waals surface area contributed by atoms with Crippen LogP contribution in [-0.4, -0.2) is 20.8 Å². The van der Waals surface area contributed by atoms with Crippen LogP contribution in [0.4, 0.5) is 0 Å². The molecule has 1 aromatic heterocycles. The molecule has 1 aromatic rings. The van der Waals surface area contributed by atoms with E-state index < -0.39 is 0 Å². The van der Waals surface area contributed by atoms with Crippen molar-refractivity contribution >= 4 is 0 Å². The second kappa shape index (κ2) is 4.75. The molecule has 0 aliphatic heterocycles. The first kappa shape index (κ1) is 10.6. The highest BCUT2D eigenvalue weighted by Crippen LogP contribution is 2.24. The average molecular weight is 208 g/mol. The predicted molar refractivity (Wildman–Crippen MR) is 59.3 cm³/mol. The van der Waals surface area contributed by atoms with E-state index in [0.29, 0.717) is 6.04 Å². The van der Waals surface area contributed by atoms with E-state index in [1.165, 1.54) is 19.3 Å². The number of rotatable bonds is 4. The maximum Gasteiger partial charge on any atom is 0.140 e. The lowest BCUT2D eigenvalue weighted by atomic mass is 10.1. The van der Waals surface area contributed by atoms with Gasteiger partial charge in [0, 0.05) is 12.6 Å². The van der Waals surface area contributed by atoms with Crippen LogP contribution in [0.1, 0.15) is 38.9 Å². The van der Waals surface area contributed by atoms with Gasteiger partial charge in [0.15, 0.2) is 0 Å². The number of aromatic nitrogens is 3. The van der Waals surface area contributed by atoms with Gasteiger partial charge in [-0.2, -0.15) is 5.10 Å². The Morgan fingerprint density at radius 3 is 3.07 bits per heavy atom. The van der Waals surface area contributed by atoms with E-state index in [-0.39, 0.29) is 0 Å². The van der Waals surface area contributed by atoms with Crippen LogP contribution in [0.25, 0.3) is 0 Å². The molecule has 1 saturated carbocycles. The number of aryl methyl sites for hydroxylation is 1. The topological polar surface area (TPSA) is 42.7 Å². The zero-order valence-electron chi connectivity index (χ0n) is 9.61. The fourth-order valence-corrected chi connectivity index (χ4v) is 2.36.